The molecule has 16 heavy (non-hydrogen) atoms. The van der Waals surface area contributed by atoms with E-state index < -0.39 is 10.0 Å². The van der Waals surface area contributed by atoms with Crippen LogP contribution in [-0.2, 0) is 14.8 Å². The number of hydrogen-bond donors (Lipinski definition) is 1. The first-order chi connectivity index (χ1) is 7.42. The highest BCUT2D eigenvalue weighted by Crippen LogP contribution is 2.15. The lowest BCUT2D eigenvalue weighted by atomic mass is 10.2. The van der Waals surface area contributed by atoms with Crippen molar-refractivity contribution >= 4 is 10.0 Å². The van der Waals surface area contributed by atoms with Crippen molar-refractivity contribution in [3.05, 3.63) is 0 Å². The van der Waals surface area contributed by atoms with Gasteiger partial charge in [0.25, 0.3) is 0 Å². The Bertz CT molecular complexity index is 297. The van der Waals surface area contributed by atoms with Gasteiger partial charge in [-0.3, -0.25) is 0 Å². The first-order valence-electron chi connectivity index (χ1n) is 5.73. The lowest BCUT2D eigenvalue weighted by Crippen LogP contribution is -2.36. The van der Waals surface area contributed by atoms with Crippen LogP contribution < -0.4 is 5.73 Å². The summed E-state index contributed by atoms with van der Waals surface area (Å²) in [5.41, 5.74) is 5.60. The van der Waals surface area contributed by atoms with Crippen molar-refractivity contribution in [3.8, 4) is 0 Å². The molecule has 6 heteroatoms. The van der Waals surface area contributed by atoms with Gasteiger partial charge < -0.3 is 10.5 Å². The fourth-order valence-electron chi connectivity index (χ4n) is 1.66. The molecule has 5 nitrogen and oxygen atoms in total. The largest absolute Gasteiger partial charge is 0.377 e. The van der Waals surface area contributed by atoms with Gasteiger partial charge in [0, 0.05) is 26.2 Å². The number of hydrogen-bond acceptors (Lipinski definition) is 4. The summed E-state index contributed by atoms with van der Waals surface area (Å²) in [4.78, 5) is 0. The Balaban J connectivity index is 2.42. The standard InChI is InChI=1S/C10H22N2O3S/c1-9(11)5-6-12(2)16(13,14)8-10-4-3-7-15-10/h9-10H,3-8,11H2,1-2H3. The third-order valence-corrected chi connectivity index (χ3v) is 4.72. The van der Waals surface area contributed by atoms with Crippen LogP contribution in [0, 0.1) is 0 Å². The molecule has 1 aliphatic heterocycles. The molecule has 1 heterocycles. The SMILES string of the molecule is CC(N)CCN(C)S(=O)(=O)CC1CCCO1. The zero-order chi connectivity index (χ0) is 12.2. The minimum atomic E-state index is -3.19. The molecule has 0 radical (unpaired) electrons. The molecular weight excluding hydrogens is 228 g/mol. The Kier molecular flexibility index (Phi) is 5.17. The summed E-state index contributed by atoms with van der Waals surface area (Å²) in [6.07, 6.45) is 2.37. The Morgan fingerprint density at radius 3 is 2.75 bits per heavy atom. The maximum atomic E-state index is 11.9. The van der Waals surface area contributed by atoms with Crippen molar-refractivity contribution in [3.63, 3.8) is 0 Å². The van der Waals surface area contributed by atoms with E-state index in [1.807, 2.05) is 6.92 Å². The van der Waals surface area contributed by atoms with Crippen LogP contribution in [0.25, 0.3) is 0 Å². The van der Waals surface area contributed by atoms with Crippen LogP contribution in [-0.4, -0.2) is 50.8 Å². The first kappa shape index (κ1) is 13.9. The minimum Gasteiger partial charge on any atom is -0.377 e. The Morgan fingerprint density at radius 2 is 2.25 bits per heavy atom. The fraction of sp³-hybridized carbons (Fsp3) is 1.00. The van der Waals surface area contributed by atoms with Gasteiger partial charge in [-0.1, -0.05) is 0 Å². The van der Waals surface area contributed by atoms with E-state index in [9.17, 15) is 8.42 Å². The van der Waals surface area contributed by atoms with Gasteiger partial charge >= 0.3 is 0 Å². The van der Waals surface area contributed by atoms with E-state index >= 15 is 0 Å². The van der Waals surface area contributed by atoms with Gasteiger partial charge in [0.15, 0.2) is 0 Å². The molecule has 2 N–H and O–H groups in total. The summed E-state index contributed by atoms with van der Waals surface area (Å²) in [7, 11) is -1.58. The Hall–Kier alpha value is -0.170. The van der Waals surface area contributed by atoms with Gasteiger partial charge in [-0.15, -0.1) is 0 Å². The van der Waals surface area contributed by atoms with Gasteiger partial charge in [0.05, 0.1) is 11.9 Å². The van der Waals surface area contributed by atoms with Crippen molar-refractivity contribution in [2.75, 3.05) is 26.0 Å². The zero-order valence-corrected chi connectivity index (χ0v) is 10.9. The van der Waals surface area contributed by atoms with Crippen LogP contribution in [0.4, 0.5) is 0 Å². The Labute approximate surface area is 98.0 Å². The second-order valence-electron chi connectivity index (χ2n) is 4.50. The van der Waals surface area contributed by atoms with Crippen molar-refractivity contribution < 1.29 is 13.2 Å². The van der Waals surface area contributed by atoms with Crippen LogP contribution in [0.15, 0.2) is 0 Å². The van der Waals surface area contributed by atoms with E-state index in [1.165, 1.54) is 4.31 Å². The molecule has 2 atom stereocenters. The van der Waals surface area contributed by atoms with E-state index in [2.05, 4.69) is 0 Å². The first-order valence-corrected chi connectivity index (χ1v) is 7.34. The van der Waals surface area contributed by atoms with Crippen LogP contribution in [0.2, 0.25) is 0 Å². The molecule has 0 amide bonds. The van der Waals surface area contributed by atoms with Gasteiger partial charge in [-0.2, -0.15) is 0 Å². The van der Waals surface area contributed by atoms with E-state index in [0.29, 0.717) is 19.6 Å². The van der Waals surface area contributed by atoms with E-state index in [1.54, 1.807) is 7.05 Å². The minimum absolute atomic E-state index is 0.0281. The lowest BCUT2D eigenvalue weighted by Gasteiger charge is -2.20. The Morgan fingerprint density at radius 1 is 1.56 bits per heavy atom. The zero-order valence-electron chi connectivity index (χ0n) is 10.1. The highest BCUT2D eigenvalue weighted by molar-refractivity contribution is 7.89. The van der Waals surface area contributed by atoms with Gasteiger partial charge in [-0.25, -0.2) is 12.7 Å². The number of nitrogens with zero attached hydrogens (tertiary/aromatic N) is 1. The molecule has 1 fully saturated rings. The molecule has 1 saturated heterocycles. The third-order valence-electron chi connectivity index (χ3n) is 2.79. The molecule has 0 spiro atoms. The lowest BCUT2D eigenvalue weighted by molar-refractivity contribution is 0.126. The second kappa shape index (κ2) is 5.95. The quantitative estimate of drug-likeness (QED) is 0.729. The molecule has 1 aliphatic rings. The average molecular weight is 250 g/mol. The molecule has 0 aromatic carbocycles. The van der Waals surface area contributed by atoms with Crippen LogP contribution in [0.3, 0.4) is 0 Å². The number of sulfonamides is 1. The second-order valence-corrected chi connectivity index (χ2v) is 6.62. The van der Waals surface area contributed by atoms with E-state index in [-0.39, 0.29) is 17.9 Å². The highest BCUT2D eigenvalue weighted by Gasteiger charge is 2.26. The van der Waals surface area contributed by atoms with Crippen molar-refractivity contribution in [1.29, 1.82) is 0 Å². The molecule has 0 aromatic rings. The molecule has 0 aromatic heterocycles. The predicted octanol–water partition coefficient (Wildman–Crippen LogP) is 0.164. The molecule has 0 aliphatic carbocycles. The summed E-state index contributed by atoms with van der Waals surface area (Å²) in [5.74, 6) is 0.0997. The maximum absolute atomic E-state index is 11.9. The smallest absolute Gasteiger partial charge is 0.216 e. The van der Waals surface area contributed by atoms with Crippen molar-refractivity contribution in [2.45, 2.75) is 38.3 Å². The molecule has 1 rings (SSSR count). The third kappa shape index (κ3) is 4.37. The van der Waals surface area contributed by atoms with Crippen molar-refractivity contribution in [1.82, 2.24) is 4.31 Å². The summed E-state index contributed by atoms with van der Waals surface area (Å²) in [5, 5.41) is 0. The van der Waals surface area contributed by atoms with Crippen LogP contribution in [0.5, 0.6) is 0 Å². The number of ether oxygens (including phenoxy) is 1. The van der Waals surface area contributed by atoms with Crippen molar-refractivity contribution in [2.24, 2.45) is 5.73 Å². The average Bonchev–Trinajstić information content (AvgIpc) is 2.65. The summed E-state index contributed by atoms with van der Waals surface area (Å²) >= 11 is 0. The molecule has 0 saturated carbocycles. The van der Waals surface area contributed by atoms with E-state index in [0.717, 1.165) is 12.8 Å². The van der Waals surface area contributed by atoms with Gasteiger partial charge in [0.2, 0.25) is 10.0 Å². The summed E-state index contributed by atoms with van der Waals surface area (Å²) < 4.78 is 30.5. The van der Waals surface area contributed by atoms with E-state index in [4.69, 9.17) is 10.5 Å². The highest BCUT2D eigenvalue weighted by atomic mass is 32.2. The van der Waals surface area contributed by atoms with Gasteiger partial charge in [-0.05, 0) is 26.2 Å². The molecule has 2 unspecified atom stereocenters. The fourth-order valence-corrected chi connectivity index (χ4v) is 3.03. The topological polar surface area (TPSA) is 72.6 Å². The molecular formula is C10H22N2O3S. The summed E-state index contributed by atoms with van der Waals surface area (Å²) in [6.45, 7) is 3.04. The molecule has 96 valence electrons. The number of rotatable bonds is 6. The summed E-state index contributed by atoms with van der Waals surface area (Å²) in [6, 6.07) is 0.0281. The number of nitrogens with two attached hydrogens (primary N) is 1. The maximum Gasteiger partial charge on any atom is 0.216 e. The molecule has 0 bridgehead atoms. The normalized spacial score (nSPS) is 23.9. The monoisotopic (exact) mass is 250 g/mol. The van der Waals surface area contributed by atoms with Crippen LogP contribution in [0.1, 0.15) is 26.2 Å². The van der Waals surface area contributed by atoms with Gasteiger partial charge in [0.1, 0.15) is 0 Å². The van der Waals surface area contributed by atoms with Crippen LogP contribution >= 0.6 is 0 Å². The predicted molar refractivity (Wildman–Crippen MR) is 63.7 cm³/mol.